The highest BCUT2D eigenvalue weighted by atomic mass is 32.2. The summed E-state index contributed by atoms with van der Waals surface area (Å²) in [6.07, 6.45) is 1.34. The highest BCUT2D eigenvalue weighted by molar-refractivity contribution is 7.89. The second-order valence-corrected chi connectivity index (χ2v) is 4.47. The number of nitrogens with two attached hydrogens (primary N) is 1. The minimum atomic E-state index is -3.55. The maximum Gasteiger partial charge on any atom is 0.257 e. The van der Waals surface area contributed by atoms with E-state index in [0.29, 0.717) is 0 Å². The number of hydrogen-bond acceptors (Lipinski definition) is 4. The molecule has 4 N–H and O–H groups in total. The number of nitrogens with one attached hydrogen (secondary N) is 2. The van der Waals surface area contributed by atoms with Crippen molar-refractivity contribution in [3.05, 3.63) is 12.3 Å². The molecular weight excluding hydrogens is 212 g/mol. The van der Waals surface area contributed by atoms with Crippen LogP contribution in [0.2, 0.25) is 0 Å². The number of thiocarbonyl (C=S) groups is 1. The van der Waals surface area contributed by atoms with Crippen LogP contribution in [0.4, 0.5) is 0 Å². The molecule has 0 saturated carbocycles. The first-order valence-corrected chi connectivity index (χ1v) is 5.19. The monoisotopic (exact) mass is 220 g/mol. The van der Waals surface area contributed by atoms with Crippen molar-refractivity contribution in [2.75, 3.05) is 6.54 Å². The number of rotatable bonds is 4. The molecule has 13 heavy (non-hydrogen) atoms. The van der Waals surface area contributed by atoms with Gasteiger partial charge in [0, 0.05) is 0 Å². The molecule has 0 aliphatic rings. The zero-order chi connectivity index (χ0) is 9.90. The Morgan fingerprint density at radius 3 is 2.92 bits per heavy atom. The van der Waals surface area contributed by atoms with Crippen molar-refractivity contribution in [1.29, 1.82) is 0 Å². The Labute approximate surface area is 80.6 Å². The SMILES string of the molecule is NC(=S)CNS(=O)(=O)c1ccn[nH]1. The fraction of sp³-hybridized carbons (Fsp3) is 0.200. The van der Waals surface area contributed by atoms with Gasteiger partial charge in [-0.05, 0) is 6.07 Å². The van der Waals surface area contributed by atoms with Crippen molar-refractivity contribution in [1.82, 2.24) is 14.9 Å². The predicted octanol–water partition coefficient (Wildman–Crippen LogP) is -1.03. The molecule has 0 saturated heterocycles. The number of sulfonamides is 1. The predicted molar refractivity (Wildman–Crippen MR) is 50.6 cm³/mol. The van der Waals surface area contributed by atoms with Crippen molar-refractivity contribution in [2.24, 2.45) is 5.73 Å². The summed E-state index contributed by atoms with van der Waals surface area (Å²) in [5.41, 5.74) is 5.13. The largest absolute Gasteiger partial charge is 0.392 e. The van der Waals surface area contributed by atoms with E-state index in [1.807, 2.05) is 0 Å². The molecule has 0 atom stereocenters. The van der Waals surface area contributed by atoms with Gasteiger partial charge in [-0.25, -0.2) is 13.1 Å². The van der Waals surface area contributed by atoms with E-state index >= 15 is 0 Å². The van der Waals surface area contributed by atoms with Crippen LogP contribution in [-0.4, -0.2) is 30.1 Å². The van der Waals surface area contributed by atoms with Crippen molar-refractivity contribution in [3.8, 4) is 0 Å². The van der Waals surface area contributed by atoms with Crippen molar-refractivity contribution in [3.63, 3.8) is 0 Å². The molecule has 0 aliphatic carbocycles. The number of hydrogen-bond donors (Lipinski definition) is 3. The van der Waals surface area contributed by atoms with Gasteiger partial charge in [0.1, 0.15) is 0 Å². The average Bonchev–Trinajstić information content (AvgIpc) is 2.53. The molecule has 0 bridgehead atoms. The normalized spacial score (nSPS) is 11.4. The summed E-state index contributed by atoms with van der Waals surface area (Å²) in [6, 6.07) is 1.34. The molecule has 6 nitrogen and oxygen atoms in total. The molecule has 1 rings (SSSR count). The Morgan fingerprint density at radius 1 is 1.77 bits per heavy atom. The van der Waals surface area contributed by atoms with E-state index in [9.17, 15) is 8.42 Å². The Morgan fingerprint density at radius 2 is 2.46 bits per heavy atom. The third-order valence-corrected chi connectivity index (χ3v) is 2.68. The zero-order valence-corrected chi connectivity index (χ0v) is 8.15. The minimum absolute atomic E-state index is 0.0104. The van der Waals surface area contributed by atoms with Gasteiger partial charge in [-0.15, -0.1) is 0 Å². The first-order chi connectivity index (χ1) is 6.02. The smallest absolute Gasteiger partial charge is 0.257 e. The number of H-pyrrole nitrogens is 1. The van der Waals surface area contributed by atoms with E-state index in [1.165, 1.54) is 12.3 Å². The lowest BCUT2D eigenvalue weighted by Crippen LogP contribution is -2.32. The molecule has 72 valence electrons. The van der Waals surface area contributed by atoms with E-state index in [1.54, 1.807) is 0 Å². The second-order valence-electron chi connectivity index (χ2n) is 2.21. The van der Waals surface area contributed by atoms with Crippen LogP contribution in [0.25, 0.3) is 0 Å². The summed E-state index contributed by atoms with van der Waals surface area (Å²) in [6.45, 7) is -0.0588. The summed E-state index contributed by atoms with van der Waals surface area (Å²) in [7, 11) is -3.55. The first-order valence-electron chi connectivity index (χ1n) is 3.30. The Bertz CT molecular complexity index is 383. The lowest BCUT2D eigenvalue weighted by Gasteiger charge is -2.01. The van der Waals surface area contributed by atoms with Gasteiger partial charge in [0.25, 0.3) is 10.0 Å². The summed E-state index contributed by atoms with van der Waals surface area (Å²) in [5, 5.41) is 5.81. The van der Waals surface area contributed by atoms with Crippen LogP contribution >= 0.6 is 12.2 Å². The molecule has 0 spiro atoms. The van der Waals surface area contributed by atoms with E-state index in [0.717, 1.165) is 0 Å². The van der Waals surface area contributed by atoms with E-state index < -0.39 is 10.0 Å². The molecular formula is C5H8N4O2S2. The third kappa shape index (κ3) is 2.76. The van der Waals surface area contributed by atoms with Gasteiger partial charge in [0.15, 0.2) is 5.03 Å². The van der Waals surface area contributed by atoms with Gasteiger partial charge in [-0.1, -0.05) is 12.2 Å². The van der Waals surface area contributed by atoms with Gasteiger partial charge < -0.3 is 5.73 Å². The molecule has 1 aromatic heterocycles. The molecule has 1 aromatic rings. The van der Waals surface area contributed by atoms with Crippen LogP contribution in [-0.2, 0) is 10.0 Å². The lowest BCUT2D eigenvalue weighted by atomic mass is 10.7. The lowest BCUT2D eigenvalue weighted by molar-refractivity contribution is 0.582. The van der Waals surface area contributed by atoms with Gasteiger partial charge >= 0.3 is 0 Å². The standard InChI is InChI=1S/C5H8N4O2S2/c6-4(12)3-8-13(10,11)5-1-2-7-9-5/h1-2,8H,3H2,(H2,6,12)(H,7,9). The first kappa shape index (κ1) is 10.1. The highest BCUT2D eigenvalue weighted by Gasteiger charge is 2.14. The van der Waals surface area contributed by atoms with Crippen molar-refractivity contribution in [2.45, 2.75) is 5.03 Å². The topological polar surface area (TPSA) is 101 Å². The maximum atomic E-state index is 11.3. The van der Waals surface area contributed by atoms with Crippen LogP contribution in [0.1, 0.15) is 0 Å². The molecule has 0 amide bonds. The summed E-state index contributed by atoms with van der Waals surface area (Å²) >= 11 is 4.52. The molecule has 0 radical (unpaired) electrons. The molecule has 1 heterocycles. The van der Waals surface area contributed by atoms with Gasteiger partial charge in [0.2, 0.25) is 0 Å². The van der Waals surface area contributed by atoms with Crippen molar-refractivity contribution >= 4 is 27.2 Å². The zero-order valence-electron chi connectivity index (χ0n) is 6.52. The third-order valence-electron chi connectivity index (χ3n) is 1.20. The van der Waals surface area contributed by atoms with Crippen LogP contribution in [0.3, 0.4) is 0 Å². The molecule has 0 aromatic carbocycles. The number of nitrogens with zero attached hydrogens (tertiary/aromatic N) is 1. The van der Waals surface area contributed by atoms with Crippen LogP contribution in [0, 0.1) is 0 Å². The van der Waals surface area contributed by atoms with E-state index in [4.69, 9.17) is 5.73 Å². The Balaban J connectivity index is 2.74. The van der Waals surface area contributed by atoms with Crippen molar-refractivity contribution < 1.29 is 8.42 Å². The molecule has 0 fully saturated rings. The van der Waals surface area contributed by atoms with Crippen LogP contribution < -0.4 is 10.5 Å². The number of aromatic nitrogens is 2. The highest BCUT2D eigenvalue weighted by Crippen LogP contribution is 2.00. The summed E-state index contributed by atoms with van der Waals surface area (Å²) in [5.74, 6) is 0. The quantitative estimate of drug-likeness (QED) is 0.563. The van der Waals surface area contributed by atoms with Crippen LogP contribution in [0.15, 0.2) is 17.3 Å². The fourth-order valence-corrected chi connectivity index (χ4v) is 1.71. The average molecular weight is 220 g/mol. The summed E-state index contributed by atoms with van der Waals surface area (Å²) in [4.78, 5) is 0.0862. The van der Waals surface area contributed by atoms with Crippen LogP contribution in [0.5, 0.6) is 0 Å². The molecule has 0 aliphatic heterocycles. The second kappa shape index (κ2) is 3.81. The van der Waals surface area contributed by atoms with E-state index in [-0.39, 0.29) is 16.6 Å². The Kier molecular flexibility index (Phi) is 2.96. The minimum Gasteiger partial charge on any atom is -0.392 e. The van der Waals surface area contributed by atoms with Gasteiger partial charge in [-0.3, -0.25) is 5.10 Å². The van der Waals surface area contributed by atoms with Gasteiger partial charge in [0.05, 0.1) is 17.7 Å². The fourth-order valence-electron chi connectivity index (χ4n) is 0.637. The maximum absolute atomic E-state index is 11.3. The van der Waals surface area contributed by atoms with E-state index in [2.05, 4.69) is 27.1 Å². The van der Waals surface area contributed by atoms with Gasteiger partial charge in [-0.2, -0.15) is 5.10 Å². The Hall–Kier alpha value is -0.990. The molecule has 8 heteroatoms. The molecule has 0 unspecified atom stereocenters. The number of aromatic amines is 1. The summed E-state index contributed by atoms with van der Waals surface area (Å²) < 4.78 is 24.8.